The summed E-state index contributed by atoms with van der Waals surface area (Å²) in [7, 11) is 0. The lowest BCUT2D eigenvalue weighted by Gasteiger charge is -2.27. The number of esters is 1. The zero-order chi connectivity index (χ0) is 16.8. The van der Waals surface area contributed by atoms with E-state index in [1.807, 2.05) is 6.92 Å². The first kappa shape index (κ1) is 20.2. The van der Waals surface area contributed by atoms with Gasteiger partial charge in [-0.1, -0.05) is 22.9 Å². The molecule has 2 atom stereocenters. The van der Waals surface area contributed by atoms with E-state index in [0.717, 1.165) is 5.33 Å². The summed E-state index contributed by atoms with van der Waals surface area (Å²) in [5.74, 6) is -0.224. The molecular formula is C15H28BrNO4. The number of alkyl carbamates (subject to hydrolysis) is 1. The highest BCUT2D eigenvalue weighted by molar-refractivity contribution is 9.09. The van der Waals surface area contributed by atoms with Crippen molar-refractivity contribution < 1.29 is 19.1 Å². The van der Waals surface area contributed by atoms with Gasteiger partial charge in [0.15, 0.2) is 0 Å². The highest BCUT2D eigenvalue weighted by Gasteiger charge is 2.29. The lowest BCUT2D eigenvalue weighted by Crippen LogP contribution is -2.46. The molecule has 0 rings (SSSR count). The summed E-state index contributed by atoms with van der Waals surface area (Å²) in [5, 5.41) is 3.34. The Morgan fingerprint density at radius 1 is 1.05 bits per heavy atom. The second-order valence-corrected chi connectivity index (χ2v) is 7.87. The molecule has 21 heavy (non-hydrogen) atoms. The van der Waals surface area contributed by atoms with Crippen LogP contribution in [0.2, 0.25) is 0 Å². The summed E-state index contributed by atoms with van der Waals surface area (Å²) in [6, 6.07) is -0.716. The van der Waals surface area contributed by atoms with Crippen molar-refractivity contribution in [2.24, 2.45) is 5.92 Å². The van der Waals surface area contributed by atoms with Gasteiger partial charge >= 0.3 is 12.1 Å². The molecule has 5 nitrogen and oxygen atoms in total. The lowest BCUT2D eigenvalue weighted by molar-refractivity contribution is -0.157. The maximum Gasteiger partial charge on any atom is 0.408 e. The number of amides is 1. The fourth-order valence-corrected chi connectivity index (χ4v) is 1.77. The van der Waals surface area contributed by atoms with Crippen LogP contribution in [0.5, 0.6) is 0 Å². The lowest BCUT2D eigenvalue weighted by atomic mass is 10.0. The predicted molar refractivity (Wildman–Crippen MR) is 86.6 cm³/mol. The van der Waals surface area contributed by atoms with Crippen LogP contribution in [0.3, 0.4) is 0 Å². The molecule has 1 N–H and O–H groups in total. The van der Waals surface area contributed by atoms with E-state index in [1.165, 1.54) is 0 Å². The third-order valence-electron chi connectivity index (χ3n) is 2.28. The fraction of sp³-hybridized carbons (Fsp3) is 0.867. The second kappa shape index (κ2) is 8.01. The van der Waals surface area contributed by atoms with Crippen LogP contribution in [0.4, 0.5) is 4.79 Å². The topological polar surface area (TPSA) is 64.6 Å². The van der Waals surface area contributed by atoms with Crippen molar-refractivity contribution in [3.63, 3.8) is 0 Å². The maximum atomic E-state index is 12.2. The van der Waals surface area contributed by atoms with Crippen molar-refractivity contribution in [2.75, 3.05) is 5.33 Å². The predicted octanol–water partition coefficient (Wildman–Crippen LogP) is 3.64. The van der Waals surface area contributed by atoms with Gasteiger partial charge in [0.25, 0.3) is 0 Å². The maximum absolute atomic E-state index is 12.2. The van der Waals surface area contributed by atoms with Crippen molar-refractivity contribution in [3.05, 3.63) is 0 Å². The van der Waals surface area contributed by atoms with Gasteiger partial charge in [-0.15, -0.1) is 0 Å². The van der Waals surface area contributed by atoms with Crippen molar-refractivity contribution in [2.45, 2.75) is 72.1 Å². The smallest absolute Gasteiger partial charge is 0.408 e. The van der Waals surface area contributed by atoms with E-state index in [-0.39, 0.29) is 5.92 Å². The van der Waals surface area contributed by atoms with Crippen LogP contribution < -0.4 is 5.32 Å². The summed E-state index contributed by atoms with van der Waals surface area (Å²) in [6.07, 6.45) is -0.125. The van der Waals surface area contributed by atoms with Crippen molar-refractivity contribution >= 4 is 28.0 Å². The zero-order valence-electron chi connectivity index (χ0n) is 14.1. The van der Waals surface area contributed by atoms with Crippen LogP contribution in [0.25, 0.3) is 0 Å². The van der Waals surface area contributed by atoms with Gasteiger partial charge in [-0.05, 0) is 53.9 Å². The summed E-state index contributed by atoms with van der Waals surface area (Å²) in [6.45, 7) is 12.7. The van der Waals surface area contributed by atoms with Gasteiger partial charge in [0.05, 0.1) is 0 Å². The molecule has 0 aromatic carbocycles. The van der Waals surface area contributed by atoms with E-state index in [9.17, 15) is 9.59 Å². The molecule has 0 bridgehead atoms. The summed E-state index contributed by atoms with van der Waals surface area (Å²) in [5.41, 5.74) is -1.20. The molecule has 0 saturated heterocycles. The van der Waals surface area contributed by atoms with Crippen LogP contribution in [0.1, 0.15) is 54.9 Å². The van der Waals surface area contributed by atoms with E-state index in [0.29, 0.717) is 6.42 Å². The number of carbonyl (C=O) groups is 2. The largest absolute Gasteiger partial charge is 0.458 e. The van der Waals surface area contributed by atoms with Gasteiger partial charge in [0.1, 0.15) is 17.2 Å². The Morgan fingerprint density at radius 3 is 1.90 bits per heavy atom. The molecule has 0 unspecified atom stereocenters. The molecule has 0 aliphatic heterocycles. The molecule has 0 radical (unpaired) electrons. The van der Waals surface area contributed by atoms with Crippen LogP contribution >= 0.6 is 15.9 Å². The molecule has 1 amide bonds. The molecule has 6 heteroatoms. The van der Waals surface area contributed by atoms with E-state index in [2.05, 4.69) is 21.2 Å². The van der Waals surface area contributed by atoms with E-state index >= 15 is 0 Å². The highest BCUT2D eigenvalue weighted by Crippen LogP contribution is 2.15. The number of carbonyl (C=O) groups excluding carboxylic acids is 2. The average molecular weight is 366 g/mol. The highest BCUT2D eigenvalue weighted by atomic mass is 79.9. The Bertz CT molecular complexity index is 358. The number of halogens is 1. The third kappa shape index (κ3) is 10.6. The summed E-state index contributed by atoms with van der Waals surface area (Å²) < 4.78 is 10.5. The number of ether oxygens (including phenoxy) is 2. The third-order valence-corrected chi connectivity index (χ3v) is 3.39. The van der Waals surface area contributed by atoms with Crippen molar-refractivity contribution in [1.82, 2.24) is 5.32 Å². The van der Waals surface area contributed by atoms with E-state index in [4.69, 9.17) is 9.47 Å². The first-order valence-corrected chi connectivity index (χ1v) is 8.24. The molecule has 0 spiro atoms. The molecule has 0 saturated carbocycles. The average Bonchev–Trinajstić information content (AvgIpc) is 2.22. The first-order chi connectivity index (χ1) is 9.34. The molecule has 124 valence electrons. The number of alkyl halides is 1. The molecule has 0 aromatic heterocycles. The Morgan fingerprint density at radius 2 is 1.52 bits per heavy atom. The summed E-state index contributed by atoms with van der Waals surface area (Å²) in [4.78, 5) is 24.1. The van der Waals surface area contributed by atoms with Crippen molar-refractivity contribution in [3.8, 4) is 0 Å². The normalized spacial score (nSPS) is 15.0. The molecule has 0 aliphatic carbocycles. The number of nitrogens with one attached hydrogen (secondary N) is 1. The molecule has 0 heterocycles. The second-order valence-electron chi connectivity index (χ2n) is 7.23. The van der Waals surface area contributed by atoms with Gasteiger partial charge in [0.2, 0.25) is 0 Å². The van der Waals surface area contributed by atoms with Gasteiger partial charge in [-0.3, -0.25) is 0 Å². The van der Waals surface area contributed by atoms with E-state index < -0.39 is 29.3 Å². The van der Waals surface area contributed by atoms with Gasteiger partial charge in [0, 0.05) is 5.33 Å². The van der Waals surface area contributed by atoms with Crippen LogP contribution in [0, 0.1) is 5.92 Å². The monoisotopic (exact) mass is 365 g/mol. The Labute approximate surface area is 136 Å². The molecule has 0 fully saturated rings. The minimum atomic E-state index is -0.716. The minimum Gasteiger partial charge on any atom is -0.458 e. The van der Waals surface area contributed by atoms with Crippen LogP contribution in [-0.2, 0) is 14.3 Å². The minimum absolute atomic E-state index is 0.220. The Balaban J connectivity index is 4.82. The SMILES string of the molecule is C[C@H](CBr)C[C@H](NC(=O)OC(C)(C)C)C(=O)OC(C)(C)C. The van der Waals surface area contributed by atoms with E-state index in [1.54, 1.807) is 41.5 Å². The zero-order valence-corrected chi connectivity index (χ0v) is 15.7. The molecule has 0 aliphatic rings. The van der Waals surface area contributed by atoms with Gasteiger partial charge < -0.3 is 14.8 Å². The van der Waals surface area contributed by atoms with Gasteiger partial charge in [-0.25, -0.2) is 9.59 Å². The molecular weight excluding hydrogens is 338 g/mol. The summed E-state index contributed by atoms with van der Waals surface area (Å²) >= 11 is 3.37. The number of hydrogen-bond donors (Lipinski definition) is 1. The van der Waals surface area contributed by atoms with Gasteiger partial charge in [-0.2, -0.15) is 0 Å². The fourth-order valence-electron chi connectivity index (χ4n) is 1.50. The Kier molecular flexibility index (Phi) is 7.71. The number of hydrogen-bond acceptors (Lipinski definition) is 4. The Hall–Kier alpha value is -0.780. The standard InChI is InChI=1S/C15H28BrNO4/c1-10(9-16)8-11(12(18)20-14(2,3)4)17-13(19)21-15(5,6)7/h10-11H,8-9H2,1-7H3,(H,17,19)/t10-,11-/m0/s1. The molecule has 0 aromatic rings. The number of rotatable bonds is 5. The first-order valence-electron chi connectivity index (χ1n) is 7.12. The van der Waals surface area contributed by atoms with Crippen molar-refractivity contribution in [1.29, 1.82) is 0 Å². The quantitative estimate of drug-likeness (QED) is 0.596. The van der Waals surface area contributed by atoms with Crippen LogP contribution in [0.15, 0.2) is 0 Å². The van der Waals surface area contributed by atoms with Crippen LogP contribution in [-0.4, -0.2) is 34.6 Å².